The van der Waals surface area contributed by atoms with E-state index < -0.39 is 0 Å². The van der Waals surface area contributed by atoms with E-state index in [-0.39, 0.29) is 5.91 Å². The van der Waals surface area contributed by atoms with E-state index in [0.717, 1.165) is 19.4 Å². The van der Waals surface area contributed by atoms with Gasteiger partial charge in [-0.1, -0.05) is 27.2 Å². The number of nitrogens with zero attached hydrogens (tertiary/aromatic N) is 1. The first-order valence-corrected chi connectivity index (χ1v) is 4.81. The van der Waals surface area contributed by atoms with Crippen molar-refractivity contribution in [3.8, 4) is 0 Å². The van der Waals surface area contributed by atoms with E-state index in [1.54, 1.807) is 0 Å². The van der Waals surface area contributed by atoms with E-state index in [0.29, 0.717) is 12.3 Å². The summed E-state index contributed by atoms with van der Waals surface area (Å²) in [6.45, 7) is 7.19. The minimum absolute atomic E-state index is 0.276. The number of amides is 1. The number of carbonyl (C=O) groups excluding carboxylic acids is 1. The first-order chi connectivity index (χ1) is 5.57. The van der Waals surface area contributed by atoms with Gasteiger partial charge >= 0.3 is 0 Å². The lowest BCUT2D eigenvalue weighted by molar-refractivity contribution is -0.130. The molecule has 2 nitrogen and oxygen atoms in total. The molecule has 0 aromatic carbocycles. The van der Waals surface area contributed by atoms with Crippen LogP contribution in [0.15, 0.2) is 0 Å². The maximum absolute atomic E-state index is 11.4. The van der Waals surface area contributed by atoms with E-state index >= 15 is 0 Å². The summed E-state index contributed by atoms with van der Waals surface area (Å²) in [5.41, 5.74) is 0. The lowest BCUT2D eigenvalue weighted by Crippen LogP contribution is -2.28. The van der Waals surface area contributed by atoms with Gasteiger partial charge in [-0.3, -0.25) is 4.79 Å². The average molecular weight is 171 g/mol. The molecule has 72 valence electrons. The predicted molar refractivity (Wildman–Crippen MR) is 52.0 cm³/mol. The van der Waals surface area contributed by atoms with Gasteiger partial charge in [-0.25, -0.2) is 0 Å². The van der Waals surface area contributed by atoms with Gasteiger partial charge in [-0.05, 0) is 12.3 Å². The van der Waals surface area contributed by atoms with E-state index in [4.69, 9.17) is 0 Å². The summed E-state index contributed by atoms with van der Waals surface area (Å²) in [5, 5.41) is 0. The van der Waals surface area contributed by atoms with Crippen LogP contribution in [0.1, 0.15) is 40.0 Å². The molecule has 0 aromatic heterocycles. The molecule has 12 heavy (non-hydrogen) atoms. The van der Waals surface area contributed by atoms with Crippen LogP contribution in [0, 0.1) is 5.92 Å². The van der Waals surface area contributed by atoms with Crippen LogP contribution in [-0.4, -0.2) is 24.4 Å². The molecular weight excluding hydrogens is 150 g/mol. The molecule has 0 aliphatic rings. The normalized spacial score (nSPS) is 10.4. The Morgan fingerprint density at radius 1 is 1.42 bits per heavy atom. The lowest BCUT2D eigenvalue weighted by Gasteiger charge is -2.17. The highest BCUT2D eigenvalue weighted by molar-refractivity contribution is 5.75. The van der Waals surface area contributed by atoms with Crippen molar-refractivity contribution < 1.29 is 4.79 Å². The van der Waals surface area contributed by atoms with Crippen LogP contribution in [0.2, 0.25) is 0 Å². The monoisotopic (exact) mass is 171 g/mol. The van der Waals surface area contributed by atoms with Gasteiger partial charge in [0, 0.05) is 20.0 Å². The van der Waals surface area contributed by atoms with E-state index in [9.17, 15) is 4.79 Å². The molecule has 0 heterocycles. The topological polar surface area (TPSA) is 20.3 Å². The Kier molecular flexibility index (Phi) is 5.77. The van der Waals surface area contributed by atoms with Crippen molar-refractivity contribution in [2.75, 3.05) is 13.6 Å². The van der Waals surface area contributed by atoms with Crippen molar-refractivity contribution in [2.24, 2.45) is 5.92 Å². The van der Waals surface area contributed by atoms with Crippen LogP contribution in [0.3, 0.4) is 0 Å². The highest BCUT2D eigenvalue weighted by Crippen LogP contribution is 2.03. The molecule has 0 atom stereocenters. The molecule has 0 spiro atoms. The second kappa shape index (κ2) is 6.04. The van der Waals surface area contributed by atoms with Gasteiger partial charge < -0.3 is 4.90 Å². The second-order valence-electron chi connectivity index (χ2n) is 3.77. The van der Waals surface area contributed by atoms with Crippen LogP contribution < -0.4 is 0 Å². The molecule has 0 fully saturated rings. The van der Waals surface area contributed by atoms with Gasteiger partial charge in [0.05, 0.1) is 0 Å². The Bertz CT molecular complexity index is 132. The zero-order chi connectivity index (χ0) is 9.56. The maximum Gasteiger partial charge on any atom is 0.222 e. The second-order valence-corrected chi connectivity index (χ2v) is 3.77. The molecule has 0 aromatic rings. The fraction of sp³-hybridized carbons (Fsp3) is 0.900. The van der Waals surface area contributed by atoms with Crippen LogP contribution in [0.5, 0.6) is 0 Å². The van der Waals surface area contributed by atoms with Crippen LogP contribution in [0.25, 0.3) is 0 Å². The van der Waals surface area contributed by atoms with Gasteiger partial charge in [0.1, 0.15) is 0 Å². The summed E-state index contributed by atoms with van der Waals surface area (Å²) in [7, 11) is 1.89. The summed E-state index contributed by atoms with van der Waals surface area (Å²) in [4.78, 5) is 13.2. The summed E-state index contributed by atoms with van der Waals surface area (Å²) >= 11 is 0. The predicted octanol–water partition coefficient (Wildman–Crippen LogP) is 2.29. The van der Waals surface area contributed by atoms with Gasteiger partial charge in [0.15, 0.2) is 0 Å². The number of hydrogen-bond donors (Lipinski definition) is 0. The van der Waals surface area contributed by atoms with Crippen molar-refractivity contribution in [3.05, 3.63) is 0 Å². The van der Waals surface area contributed by atoms with E-state index in [2.05, 4.69) is 20.8 Å². The van der Waals surface area contributed by atoms with Crippen molar-refractivity contribution >= 4 is 5.91 Å². The molecule has 0 unspecified atom stereocenters. The Labute approximate surface area is 75.9 Å². The largest absolute Gasteiger partial charge is 0.346 e. The van der Waals surface area contributed by atoms with Gasteiger partial charge in [0.2, 0.25) is 5.91 Å². The van der Waals surface area contributed by atoms with Gasteiger partial charge in [-0.2, -0.15) is 0 Å². The highest BCUT2D eigenvalue weighted by Gasteiger charge is 2.09. The van der Waals surface area contributed by atoms with Crippen LogP contribution in [0.4, 0.5) is 0 Å². The van der Waals surface area contributed by atoms with Gasteiger partial charge in [-0.15, -0.1) is 0 Å². The molecule has 0 saturated carbocycles. The zero-order valence-corrected chi connectivity index (χ0v) is 8.76. The molecule has 0 aliphatic carbocycles. The van der Waals surface area contributed by atoms with Crippen molar-refractivity contribution in [1.82, 2.24) is 4.90 Å². The number of carbonyl (C=O) groups is 1. The summed E-state index contributed by atoms with van der Waals surface area (Å²) < 4.78 is 0. The van der Waals surface area contributed by atoms with Crippen molar-refractivity contribution in [1.29, 1.82) is 0 Å². The number of rotatable bonds is 5. The molecule has 0 bridgehead atoms. The van der Waals surface area contributed by atoms with Crippen LogP contribution >= 0.6 is 0 Å². The average Bonchev–Trinajstić information content (AvgIpc) is 1.98. The standard InChI is InChI=1S/C10H21NO/c1-5-6-7-11(4)10(12)8-9(2)3/h9H,5-8H2,1-4H3. The SMILES string of the molecule is CCCCN(C)C(=O)CC(C)C. The minimum Gasteiger partial charge on any atom is -0.346 e. The molecular formula is C10H21NO. The molecule has 1 amide bonds. The Balaban J connectivity index is 3.61. The zero-order valence-electron chi connectivity index (χ0n) is 8.76. The first kappa shape index (κ1) is 11.5. The van der Waals surface area contributed by atoms with Gasteiger partial charge in [0.25, 0.3) is 0 Å². The molecule has 0 saturated heterocycles. The quantitative estimate of drug-likeness (QED) is 0.621. The fourth-order valence-electron chi connectivity index (χ4n) is 1.03. The molecule has 0 N–H and O–H groups in total. The third-order valence-corrected chi connectivity index (χ3v) is 1.86. The highest BCUT2D eigenvalue weighted by atomic mass is 16.2. The van der Waals surface area contributed by atoms with E-state index in [1.165, 1.54) is 0 Å². The first-order valence-electron chi connectivity index (χ1n) is 4.81. The van der Waals surface area contributed by atoms with E-state index in [1.807, 2.05) is 11.9 Å². The number of unbranched alkanes of at least 4 members (excludes halogenated alkanes) is 1. The smallest absolute Gasteiger partial charge is 0.222 e. The lowest BCUT2D eigenvalue weighted by atomic mass is 10.1. The van der Waals surface area contributed by atoms with Crippen LogP contribution in [-0.2, 0) is 4.79 Å². The number of hydrogen-bond acceptors (Lipinski definition) is 1. The summed E-state index contributed by atoms with van der Waals surface area (Å²) in [5.74, 6) is 0.750. The summed E-state index contributed by atoms with van der Waals surface area (Å²) in [6.07, 6.45) is 2.94. The maximum atomic E-state index is 11.4. The Morgan fingerprint density at radius 2 is 2.00 bits per heavy atom. The molecule has 0 rings (SSSR count). The minimum atomic E-state index is 0.276. The summed E-state index contributed by atoms with van der Waals surface area (Å²) in [6, 6.07) is 0. The molecule has 0 radical (unpaired) electrons. The Hall–Kier alpha value is -0.530. The van der Waals surface area contributed by atoms with Crippen molar-refractivity contribution in [3.63, 3.8) is 0 Å². The van der Waals surface area contributed by atoms with Crippen molar-refractivity contribution in [2.45, 2.75) is 40.0 Å². The third-order valence-electron chi connectivity index (χ3n) is 1.86. The third kappa shape index (κ3) is 5.16. The molecule has 0 aliphatic heterocycles. The molecule has 2 heteroatoms. The fourth-order valence-corrected chi connectivity index (χ4v) is 1.03. The Morgan fingerprint density at radius 3 is 2.42 bits per heavy atom.